The molecular weight excluding hydrogens is 336 g/mol. The largest absolute Gasteiger partial charge is 0.481 e. The molecule has 3 aromatic heterocycles. The number of hydrogen-bond acceptors (Lipinski definition) is 5. The van der Waals surface area contributed by atoms with Crippen molar-refractivity contribution in [2.75, 3.05) is 7.11 Å². The number of thioether (sulfide) groups is 1. The predicted molar refractivity (Wildman–Crippen MR) is 86.0 cm³/mol. The molecule has 6 nitrogen and oxygen atoms in total. The van der Waals surface area contributed by atoms with E-state index in [4.69, 9.17) is 4.74 Å². The maximum Gasteiger partial charge on any atom is 0.215 e. The summed E-state index contributed by atoms with van der Waals surface area (Å²) in [4.78, 5) is 19.0. The maximum absolute atomic E-state index is 13.2. The Kier molecular flexibility index (Phi) is 3.57. The first-order chi connectivity index (χ1) is 11.6. The van der Waals surface area contributed by atoms with Gasteiger partial charge >= 0.3 is 0 Å². The number of H-pyrrole nitrogens is 2. The number of benzene rings is 1. The number of imidazole rings is 2. The third-order valence-corrected chi connectivity index (χ3v) is 4.31. The molecule has 0 aliphatic carbocycles. The van der Waals surface area contributed by atoms with Gasteiger partial charge in [-0.2, -0.15) is 4.98 Å². The number of aromatic amines is 2. The lowest BCUT2D eigenvalue weighted by molar-refractivity contribution is 0.399. The van der Waals surface area contributed by atoms with Crippen molar-refractivity contribution in [3.05, 3.63) is 41.7 Å². The molecule has 0 aliphatic rings. The van der Waals surface area contributed by atoms with Gasteiger partial charge in [-0.05, 0) is 6.07 Å². The van der Waals surface area contributed by atoms with Crippen LogP contribution in [0.15, 0.2) is 29.4 Å². The van der Waals surface area contributed by atoms with Gasteiger partial charge < -0.3 is 14.7 Å². The van der Waals surface area contributed by atoms with Gasteiger partial charge in [0.25, 0.3) is 0 Å². The number of aromatic nitrogens is 5. The maximum atomic E-state index is 13.2. The summed E-state index contributed by atoms with van der Waals surface area (Å²) in [7, 11) is 1.55. The van der Waals surface area contributed by atoms with E-state index in [9.17, 15) is 8.78 Å². The zero-order chi connectivity index (χ0) is 16.7. The molecule has 122 valence electrons. The summed E-state index contributed by atoms with van der Waals surface area (Å²) >= 11 is 1.37. The van der Waals surface area contributed by atoms with Gasteiger partial charge in [-0.25, -0.2) is 18.7 Å². The molecule has 3 heterocycles. The summed E-state index contributed by atoms with van der Waals surface area (Å²) in [5.41, 5.74) is 2.21. The average molecular weight is 347 g/mol. The van der Waals surface area contributed by atoms with E-state index in [0.29, 0.717) is 39.3 Å². The normalized spacial score (nSPS) is 11.5. The molecule has 0 fully saturated rings. The van der Waals surface area contributed by atoms with E-state index < -0.39 is 11.6 Å². The first kappa shape index (κ1) is 14.9. The van der Waals surface area contributed by atoms with Crippen molar-refractivity contribution in [1.82, 2.24) is 24.9 Å². The van der Waals surface area contributed by atoms with Crippen molar-refractivity contribution in [2.45, 2.75) is 10.9 Å². The SMILES string of the molecule is COc1ccc2[nH]c(CSc3nc4cc(F)c(F)cc4[nH]3)nc2n1. The van der Waals surface area contributed by atoms with Crippen LogP contribution in [0.25, 0.3) is 22.2 Å². The minimum Gasteiger partial charge on any atom is -0.481 e. The summed E-state index contributed by atoms with van der Waals surface area (Å²) in [5, 5.41) is 0.556. The standard InChI is InChI=1S/C15H11F2N5OS/c1-23-13-3-2-9-14(22-13)21-12(18-9)6-24-15-19-10-4-7(16)8(17)5-11(10)20-15/h2-5H,6H2,1H3,(H,19,20)(H,18,21,22). The fourth-order valence-electron chi connectivity index (χ4n) is 2.29. The minimum atomic E-state index is -0.914. The molecular formula is C15H11F2N5OS. The average Bonchev–Trinajstić information content (AvgIpc) is 3.15. The first-order valence-corrected chi connectivity index (χ1v) is 7.98. The Morgan fingerprint density at radius 3 is 2.71 bits per heavy atom. The van der Waals surface area contributed by atoms with Crippen LogP contribution in [0.2, 0.25) is 0 Å². The van der Waals surface area contributed by atoms with Crippen LogP contribution in [-0.2, 0) is 5.75 Å². The Bertz CT molecular complexity index is 1010. The Labute approximate surface area is 138 Å². The second kappa shape index (κ2) is 5.75. The third-order valence-electron chi connectivity index (χ3n) is 3.43. The van der Waals surface area contributed by atoms with Crippen LogP contribution in [-0.4, -0.2) is 32.0 Å². The highest BCUT2D eigenvalue weighted by atomic mass is 32.2. The predicted octanol–water partition coefficient (Wildman–Crippen LogP) is 3.41. The molecule has 1 aromatic carbocycles. The number of nitrogens with one attached hydrogen (secondary N) is 2. The topological polar surface area (TPSA) is 79.5 Å². The summed E-state index contributed by atoms with van der Waals surface area (Å²) < 4.78 is 31.5. The van der Waals surface area contributed by atoms with Gasteiger partial charge in [0.2, 0.25) is 5.88 Å². The van der Waals surface area contributed by atoms with Crippen molar-refractivity contribution in [2.24, 2.45) is 0 Å². The van der Waals surface area contributed by atoms with Crippen molar-refractivity contribution in [1.29, 1.82) is 0 Å². The van der Waals surface area contributed by atoms with E-state index in [1.54, 1.807) is 13.2 Å². The van der Waals surface area contributed by atoms with Gasteiger partial charge in [-0.15, -0.1) is 0 Å². The van der Waals surface area contributed by atoms with Crippen molar-refractivity contribution >= 4 is 34.0 Å². The lowest BCUT2D eigenvalue weighted by Crippen LogP contribution is -1.87. The number of ether oxygens (including phenoxy) is 1. The molecule has 0 amide bonds. The van der Waals surface area contributed by atoms with Gasteiger partial charge in [0, 0.05) is 18.2 Å². The monoisotopic (exact) mass is 347 g/mol. The van der Waals surface area contributed by atoms with E-state index in [2.05, 4.69) is 24.9 Å². The smallest absolute Gasteiger partial charge is 0.215 e. The summed E-state index contributed by atoms with van der Waals surface area (Å²) in [6, 6.07) is 5.76. The molecule has 0 saturated carbocycles. The van der Waals surface area contributed by atoms with Crippen LogP contribution in [0, 0.1) is 11.6 Å². The van der Waals surface area contributed by atoms with Gasteiger partial charge in [0.15, 0.2) is 22.4 Å². The number of pyridine rings is 1. The van der Waals surface area contributed by atoms with E-state index in [0.717, 1.165) is 17.6 Å². The first-order valence-electron chi connectivity index (χ1n) is 6.99. The lowest BCUT2D eigenvalue weighted by Gasteiger charge is -1.95. The highest BCUT2D eigenvalue weighted by Gasteiger charge is 2.11. The molecule has 4 aromatic rings. The van der Waals surface area contributed by atoms with Crippen molar-refractivity contribution < 1.29 is 13.5 Å². The number of rotatable bonds is 4. The Balaban J connectivity index is 1.56. The van der Waals surface area contributed by atoms with Crippen molar-refractivity contribution in [3.8, 4) is 5.88 Å². The third kappa shape index (κ3) is 2.67. The molecule has 9 heteroatoms. The van der Waals surface area contributed by atoms with Crippen molar-refractivity contribution in [3.63, 3.8) is 0 Å². The van der Waals surface area contributed by atoms with Gasteiger partial charge in [0.1, 0.15) is 5.82 Å². The second-order valence-corrected chi connectivity index (χ2v) is 5.99. The Hall–Kier alpha value is -2.68. The van der Waals surface area contributed by atoms with Gasteiger partial charge in [-0.1, -0.05) is 11.8 Å². The van der Waals surface area contributed by atoms with Crippen LogP contribution in [0.4, 0.5) is 8.78 Å². The second-order valence-electron chi connectivity index (χ2n) is 5.02. The molecule has 0 aliphatic heterocycles. The zero-order valence-corrected chi connectivity index (χ0v) is 13.2. The molecule has 0 bridgehead atoms. The molecule has 0 spiro atoms. The molecule has 4 rings (SSSR count). The van der Waals surface area contributed by atoms with E-state index in [1.165, 1.54) is 11.8 Å². The molecule has 0 unspecified atom stereocenters. The fourth-order valence-corrected chi connectivity index (χ4v) is 3.05. The zero-order valence-electron chi connectivity index (χ0n) is 12.4. The Morgan fingerprint density at radius 1 is 1.04 bits per heavy atom. The van der Waals surface area contributed by atoms with E-state index in [-0.39, 0.29) is 0 Å². The highest BCUT2D eigenvalue weighted by molar-refractivity contribution is 7.98. The minimum absolute atomic E-state index is 0.382. The summed E-state index contributed by atoms with van der Waals surface area (Å²) in [6.45, 7) is 0. The molecule has 0 atom stereocenters. The number of methoxy groups -OCH3 is 1. The molecule has 0 saturated heterocycles. The van der Waals surface area contributed by atoms with E-state index in [1.807, 2.05) is 6.07 Å². The molecule has 0 radical (unpaired) electrons. The summed E-state index contributed by atoms with van der Waals surface area (Å²) in [6.07, 6.45) is 0. The highest BCUT2D eigenvalue weighted by Crippen LogP contribution is 2.24. The van der Waals surface area contributed by atoms with Crippen LogP contribution in [0.5, 0.6) is 5.88 Å². The fraction of sp³-hybridized carbons (Fsp3) is 0.133. The van der Waals surface area contributed by atoms with Crippen LogP contribution < -0.4 is 4.74 Å². The van der Waals surface area contributed by atoms with Gasteiger partial charge in [-0.3, -0.25) is 0 Å². The van der Waals surface area contributed by atoms with Crippen LogP contribution >= 0.6 is 11.8 Å². The number of fused-ring (bicyclic) bond motifs is 2. The number of nitrogens with zero attached hydrogens (tertiary/aromatic N) is 3. The van der Waals surface area contributed by atoms with Crippen LogP contribution in [0.1, 0.15) is 5.82 Å². The van der Waals surface area contributed by atoms with Gasteiger partial charge in [0.05, 0.1) is 29.4 Å². The Morgan fingerprint density at radius 2 is 1.88 bits per heavy atom. The van der Waals surface area contributed by atoms with E-state index >= 15 is 0 Å². The molecule has 2 N–H and O–H groups in total. The lowest BCUT2D eigenvalue weighted by atomic mass is 10.3. The number of halogens is 2. The number of hydrogen-bond donors (Lipinski definition) is 2. The summed E-state index contributed by atoms with van der Waals surface area (Å²) in [5.74, 6) is -0.102. The quantitative estimate of drug-likeness (QED) is 0.553. The molecule has 24 heavy (non-hydrogen) atoms. The van der Waals surface area contributed by atoms with Crippen LogP contribution in [0.3, 0.4) is 0 Å².